The number of hydrogen-bond acceptors (Lipinski definition) is 6. The molecule has 3 N–H and O–H groups in total. The number of nitrogens with two attached hydrogens (primary N) is 1. The van der Waals surface area contributed by atoms with Crippen LogP contribution in [0.25, 0.3) is 0 Å². The number of thioether (sulfide) groups is 1. The monoisotopic (exact) mass is 300 g/mol. The van der Waals surface area contributed by atoms with Crippen LogP contribution in [0.5, 0.6) is 5.75 Å². The summed E-state index contributed by atoms with van der Waals surface area (Å²) in [7, 11) is 0. The van der Waals surface area contributed by atoms with Gasteiger partial charge in [-0.3, -0.25) is 0 Å². The van der Waals surface area contributed by atoms with Gasteiger partial charge in [-0.05, 0) is 12.5 Å². The fourth-order valence-corrected chi connectivity index (χ4v) is 4.00. The van der Waals surface area contributed by atoms with E-state index >= 15 is 0 Å². The Bertz CT molecular complexity index is 691. The lowest BCUT2D eigenvalue weighted by atomic mass is 9.92. The van der Waals surface area contributed by atoms with E-state index in [4.69, 9.17) is 15.6 Å². The Morgan fingerprint density at radius 2 is 2.14 bits per heavy atom. The van der Waals surface area contributed by atoms with Crippen LogP contribution in [-0.4, -0.2) is 16.6 Å². The molecule has 0 radical (unpaired) electrons. The Balaban J connectivity index is 1.81. The molecule has 6 heteroatoms. The van der Waals surface area contributed by atoms with E-state index in [0.717, 1.165) is 52.1 Å². The lowest BCUT2D eigenvalue weighted by molar-refractivity contribution is 0.274. The highest BCUT2D eigenvalue weighted by atomic mass is 32.2. The number of benzene rings is 1. The van der Waals surface area contributed by atoms with E-state index in [9.17, 15) is 0 Å². The molecule has 2 aliphatic heterocycles. The van der Waals surface area contributed by atoms with E-state index in [0.29, 0.717) is 6.61 Å². The number of nitrogens with one attached hydrogen (secondary N) is 1. The summed E-state index contributed by atoms with van der Waals surface area (Å²) in [5.74, 6) is 10.2. The van der Waals surface area contributed by atoms with E-state index in [1.54, 1.807) is 0 Å². The van der Waals surface area contributed by atoms with Gasteiger partial charge in [-0.1, -0.05) is 18.2 Å². The molecule has 108 valence electrons. The third kappa shape index (κ3) is 2.15. The number of nitrogen functional groups attached to an aromatic ring is 1. The van der Waals surface area contributed by atoms with Crippen molar-refractivity contribution in [2.45, 2.75) is 23.8 Å². The number of fused-ring (bicyclic) bond motifs is 2. The van der Waals surface area contributed by atoms with Crippen molar-refractivity contribution >= 4 is 17.6 Å². The van der Waals surface area contributed by atoms with E-state index in [-0.39, 0.29) is 5.92 Å². The van der Waals surface area contributed by atoms with Gasteiger partial charge in [0.15, 0.2) is 0 Å². The molecule has 1 aromatic carbocycles. The maximum Gasteiger partial charge on any atom is 0.148 e. The number of hydrogen-bond donors (Lipinski definition) is 2. The molecular formula is C15H16N4OS. The number of anilines is 1. The Morgan fingerprint density at radius 3 is 3.05 bits per heavy atom. The second kappa shape index (κ2) is 5.20. The van der Waals surface area contributed by atoms with Gasteiger partial charge in [0, 0.05) is 22.6 Å². The Kier molecular flexibility index (Phi) is 3.20. The molecule has 0 saturated heterocycles. The molecule has 1 aromatic heterocycles. The van der Waals surface area contributed by atoms with Gasteiger partial charge >= 0.3 is 0 Å². The highest BCUT2D eigenvalue weighted by molar-refractivity contribution is 7.98. The second-order valence-electron chi connectivity index (χ2n) is 5.22. The molecule has 0 spiro atoms. The van der Waals surface area contributed by atoms with Crippen molar-refractivity contribution in [3.8, 4) is 5.75 Å². The summed E-state index contributed by atoms with van der Waals surface area (Å²) < 4.78 is 5.72. The fourth-order valence-electron chi connectivity index (χ4n) is 2.96. The normalized spacial score (nSPS) is 19.6. The van der Waals surface area contributed by atoms with Gasteiger partial charge < -0.3 is 10.2 Å². The first-order valence-corrected chi connectivity index (χ1v) is 8.18. The first kappa shape index (κ1) is 12.9. The van der Waals surface area contributed by atoms with Crippen LogP contribution in [-0.2, 0) is 11.5 Å². The summed E-state index contributed by atoms with van der Waals surface area (Å²) in [6.07, 6.45) is 0.896. The zero-order valence-electron chi connectivity index (χ0n) is 11.5. The van der Waals surface area contributed by atoms with Crippen LogP contribution in [0.3, 0.4) is 0 Å². The zero-order valence-corrected chi connectivity index (χ0v) is 12.3. The van der Waals surface area contributed by atoms with E-state index in [1.807, 2.05) is 30.0 Å². The van der Waals surface area contributed by atoms with Gasteiger partial charge in [0.2, 0.25) is 0 Å². The molecule has 3 heterocycles. The lowest BCUT2D eigenvalue weighted by Gasteiger charge is -2.25. The molecule has 0 fully saturated rings. The summed E-state index contributed by atoms with van der Waals surface area (Å²) in [5.41, 5.74) is 6.16. The van der Waals surface area contributed by atoms with Crippen molar-refractivity contribution in [1.29, 1.82) is 0 Å². The summed E-state index contributed by atoms with van der Waals surface area (Å²) in [6.45, 7) is 0.697. The molecule has 0 aliphatic carbocycles. The van der Waals surface area contributed by atoms with Crippen molar-refractivity contribution in [2.24, 2.45) is 5.84 Å². The van der Waals surface area contributed by atoms with Gasteiger partial charge in [-0.15, -0.1) is 0 Å². The molecule has 21 heavy (non-hydrogen) atoms. The highest BCUT2D eigenvalue weighted by Crippen LogP contribution is 2.39. The van der Waals surface area contributed by atoms with Crippen molar-refractivity contribution in [3.05, 3.63) is 46.9 Å². The quantitative estimate of drug-likeness (QED) is 0.655. The SMILES string of the molecule is NNc1nc(C2CCOc3ccccc32)nc2c1CSC2. The van der Waals surface area contributed by atoms with Crippen LogP contribution in [0.4, 0.5) is 5.82 Å². The smallest absolute Gasteiger partial charge is 0.148 e. The predicted molar refractivity (Wildman–Crippen MR) is 83.2 cm³/mol. The van der Waals surface area contributed by atoms with Crippen LogP contribution < -0.4 is 16.0 Å². The standard InChI is InChI=1S/C15H16N4OS/c16-19-15-11-7-21-8-12(11)17-14(18-15)10-5-6-20-13-4-2-1-3-9(10)13/h1-4,10H,5-8,16H2,(H,17,18,19). The van der Waals surface area contributed by atoms with E-state index in [1.165, 1.54) is 0 Å². The van der Waals surface area contributed by atoms with Crippen LogP contribution in [0.1, 0.15) is 35.0 Å². The Morgan fingerprint density at radius 1 is 1.24 bits per heavy atom. The number of aromatic nitrogens is 2. The molecule has 0 bridgehead atoms. The Labute approximate surface area is 127 Å². The van der Waals surface area contributed by atoms with Crippen molar-refractivity contribution < 1.29 is 4.74 Å². The molecule has 2 aromatic rings. The minimum absolute atomic E-state index is 0.179. The molecule has 0 amide bonds. The summed E-state index contributed by atoms with van der Waals surface area (Å²) in [4.78, 5) is 9.47. The van der Waals surface area contributed by atoms with Crippen LogP contribution >= 0.6 is 11.8 Å². The number of nitrogens with zero attached hydrogens (tertiary/aromatic N) is 2. The minimum atomic E-state index is 0.179. The van der Waals surface area contributed by atoms with Crippen LogP contribution in [0.2, 0.25) is 0 Å². The molecular weight excluding hydrogens is 284 g/mol. The maximum absolute atomic E-state index is 5.72. The lowest BCUT2D eigenvalue weighted by Crippen LogP contribution is -2.20. The van der Waals surface area contributed by atoms with Crippen LogP contribution in [0.15, 0.2) is 24.3 Å². The number of hydrazine groups is 1. The van der Waals surface area contributed by atoms with E-state index in [2.05, 4.69) is 16.5 Å². The average Bonchev–Trinajstić information content (AvgIpc) is 3.02. The topological polar surface area (TPSA) is 73.1 Å². The Hall–Kier alpha value is -1.79. The molecule has 4 rings (SSSR count). The first-order valence-electron chi connectivity index (χ1n) is 7.02. The van der Waals surface area contributed by atoms with Crippen LogP contribution in [0, 0.1) is 0 Å². The maximum atomic E-state index is 5.72. The van der Waals surface area contributed by atoms with E-state index < -0.39 is 0 Å². The summed E-state index contributed by atoms with van der Waals surface area (Å²) in [5, 5.41) is 0. The molecule has 1 atom stereocenters. The van der Waals surface area contributed by atoms with Crippen molar-refractivity contribution in [2.75, 3.05) is 12.0 Å². The average molecular weight is 300 g/mol. The van der Waals surface area contributed by atoms with Gasteiger partial charge in [-0.25, -0.2) is 15.8 Å². The second-order valence-corrected chi connectivity index (χ2v) is 6.21. The predicted octanol–water partition coefficient (Wildman–Crippen LogP) is 2.42. The summed E-state index contributed by atoms with van der Waals surface area (Å²) in [6, 6.07) is 8.13. The largest absolute Gasteiger partial charge is 0.493 e. The highest BCUT2D eigenvalue weighted by Gasteiger charge is 2.28. The fraction of sp³-hybridized carbons (Fsp3) is 0.333. The molecule has 5 nitrogen and oxygen atoms in total. The zero-order chi connectivity index (χ0) is 14.2. The van der Waals surface area contributed by atoms with Crippen molar-refractivity contribution in [3.63, 3.8) is 0 Å². The third-order valence-electron chi connectivity index (χ3n) is 4.00. The van der Waals surface area contributed by atoms with Gasteiger partial charge in [0.05, 0.1) is 18.2 Å². The molecule has 2 aliphatic rings. The van der Waals surface area contributed by atoms with Gasteiger partial charge in [-0.2, -0.15) is 11.8 Å². The van der Waals surface area contributed by atoms with Crippen molar-refractivity contribution in [1.82, 2.24) is 9.97 Å². The first-order chi connectivity index (χ1) is 10.4. The number of ether oxygens (including phenoxy) is 1. The number of para-hydroxylation sites is 1. The summed E-state index contributed by atoms with van der Waals surface area (Å²) >= 11 is 1.85. The van der Waals surface area contributed by atoms with Gasteiger partial charge in [0.1, 0.15) is 17.4 Å². The minimum Gasteiger partial charge on any atom is -0.493 e. The third-order valence-corrected chi connectivity index (χ3v) is 4.97. The molecule has 1 unspecified atom stereocenters. The van der Waals surface area contributed by atoms with Gasteiger partial charge in [0.25, 0.3) is 0 Å². The number of rotatable bonds is 2. The molecule has 0 saturated carbocycles.